The molecule has 0 aromatic rings. The summed E-state index contributed by atoms with van der Waals surface area (Å²) in [5.41, 5.74) is 0. The average molecular weight is 250 g/mol. The molecule has 0 aromatic heterocycles. The second-order valence-corrected chi connectivity index (χ2v) is 6.92. The van der Waals surface area contributed by atoms with Crippen LogP contribution >= 0.6 is 0 Å². The van der Waals surface area contributed by atoms with E-state index in [4.69, 9.17) is 0 Å². The molecule has 0 aromatic carbocycles. The van der Waals surface area contributed by atoms with Crippen molar-refractivity contribution in [3.8, 4) is 0 Å². The molecule has 4 nitrogen and oxygen atoms in total. The summed E-state index contributed by atoms with van der Waals surface area (Å²) in [7, 11) is -0.670. The Kier molecular flexibility index (Phi) is 7.97. The molecule has 0 radical (unpaired) electrons. The highest BCUT2D eigenvalue weighted by molar-refractivity contribution is 7.90. The van der Waals surface area contributed by atoms with Crippen LogP contribution in [0.1, 0.15) is 26.7 Å². The lowest BCUT2D eigenvalue weighted by Crippen LogP contribution is -2.30. The minimum absolute atomic E-state index is 0.284. The molecule has 0 fully saturated rings. The Morgan fingerprint density at radius 2 is 1.75 bits per heavy atom. The van der Waals surface area contributed by atoms with Crippen molar-refractivity contribution in [3.05, 3.63) is 0 Å². The molecule has 0 atom stereocenters. The largest absolute Gasteiger partial charge is 0.317 e. The molecule has 5 heteroatoms. The standard InChI is InChI=1S/C11H26N2O2S/c1-11(2)13(3)9-5-7-12-8-6-10-16(4,14)15/h11-12H,5-10H2,1-4H3. The van der Waals surface area contributed by atoms with Crippen LogP contribution in [0.2, 0.25) is 0 Å². The molecule has 0 aliphatic carbocycles. The van der Waals surface area contributed by atoms with E-state index in [9.17, 15) is 8.42 Å². The maximum absolute atomic E-state index is 10.8. The van der Waals surface area contributed by atoms with Gasteiger partial charge in [0.2, 0.25) is 0 Å². The third-order valence-electron chi connectivity index (χ3n) is 2.61. The van der Waals surface area contributed by atoms with Crippen molar-refractivity contribution >= 4 is 9.84 Å². The lowest BCUT2D eigenvalue weighted by Gasteiger charge is -2.20. The van der Waals surface area contributed by atoms with E-state index in [2.05, 4.69) is 31.1 Å². The molecular formula is C11H26N2O2S. The van der Waals surface area contributed by atoms with Crippen molar-refractivity contribution in [1.29, 1.82) is 0 Å². The summed E-state index contributed by atoms with van der Waals surface area (Å²) in [6.45, 7) is 7.19. The van der Waals surface area contributed by atoms with Gasteiger partial charge in [0.15, 0.2) is 0 Å². The topological polar surface area (TPSA) is 49.4 Å². The van der Waals surface area contributed by atoms with Crippen LogP contribution in [0.5, 0.6) is 0 Å². The van der Waals surface area contributed by atoms with E-state index in [0.29, 0.717) is 12.5 Å². The van der Waals surface area contributed by atoms with Gasteiger partial charge >= 0.3 is 0 Å². The monoisotopic (exact) mass is 250 g/mol. The SMILES string of the molecule is CC(C)N(C)CCCNCCCS(C)(=O)=O. The Hall–Kier alpha value is -0.130. The highest BCUT2D eigenvalue weighted by Crippen LogP contribution is 1.94. The Balaban J connectivity index is 3.29. The molecule has 0 saturated carbocycles. The van der Waals surface area contributed by atoms with Gasteiger partial charge in [-0.25, -0.2) is 8.42 Å². The number of hydrogen-bond acceptors (Lipinski definition) is 4. The lowest BCUT2D eigenvalue weighted by atomic mass is 10.3. The molecular weight excluding hydrogens is 224 g/mol. The third-order valence-corrected chi connectivity index (χ3v) is 3.64. The number of nitrogens with one attached hydrogen (secondary N) is 1. The minimum atomic E-state index is -2.79. The highest BCUT2D eigenvalue weighted by atomic mass is 32.2. The van der Waals surface area contributed by atoms with Crippen LogP contribution in [0.15, 0.2) is 0 Å². The van der Waals surface area contributed by atoms with E-state index >= 15 is 0 Å². The normalized spacial score (nSPS) is 12.6. The molecule has 0 heterocycles. The molecule has 0 unspecified atom stereocenters. The fourth-order valence-corrected chi connectivity index (χ4v) is 1.96. The number of rotatable bonds is 9. The van der Waals surface area contributed by atoms with E-state index in [1.165, 1.54) is 6.26 Å². The molecule has 0 spiro atoms. The smallest absolute Gasteiger partial charge is 0.147 e. The summed E-state index contributed by atoms with van der Waals surface area (Å²) in [6, 6.07) is 0.588. The fourth-order valence-electron chi connectivity index (χ4n) is 1.30. The van der Waals surface area contributed by atoms with Gasteiger partial charge in [-0.2, -0.15) is 0 Å². The highest BCUT2D eigenvalue weighted by Gasteiger charge is 2.02. The zero-order valence-electron chi connectivity index (χ0n) is 11.0. The predicted octanol–water partition coefficient (Wildman–Crippen LogP) is 0.741. The Morgan fingerprint density at radius 3 is 2.25 bits per heavy atom. The van der Waals surface area contributed by atoms with Crippen molar-refractivity contribution < 1.29 is 8.42 Å². The maximum Gasteiger partial charge on any atom is 0.147 e. The van der Waals surface area contributed by atoms with Crippen molar-refractivity contribution in [2.45, 2.75) is 32.7 Å². The van der Waals surface area contributed by atoms with Gasteiger partial charge in [-0.15, -0.1) is 0 Å². The van der Waals surface area contributed by atoms with Crippen LogP contribution in [0, 0.1) is 0 Å². The van der Waals surface area contributed by atoms with Gasteiger partial charge < -0.3 is 10.2 Å². The second-order valence-electron chi connectivity index (χ2n) is 4.66. The first kappa shape index (κ1) is 15.9. The molecule has 1 N–H and O–H groups in total. The Labute approximate surface area is 100 Å². The predicted molar refractivity (Wildman–Crippen MR) is 69.6 cm³/mol. The number of hydrogen-bond donors (Lipinski definition) is 1. The summed E-state index contributed by atoms with van der Waals surface area (Å²) in [6.07, 6.45) is 3.09. The van der Waals surface area contributed by atoms with Crippen molar-refractivity contribution in [2.75, 3.05) is 38.7 Å². The summed E-state index contributed by atoms with van der Waals surface area (Å²) < 4.78 is 21.7. The van der Waals surface area contributed by atoms with Crippen LogP contribution in [-0.2, 0) is 9.84 Å². The quantitative estimate of drug-likeness (QED) is 0.613. The third kappa shape index (κ3) is 10.4. The van der Waals surface area contributed by atoms with Crippen LogP contribution in [-0.4, -0.2) is 58.1 Å². The lowest BCUT2D eigenvalue weighted by molar-refractivity contribution is 0.269. The van der Waals surface area contributed by atoms with Gasteiger partial charge in [-0.05, 0) is 53.4 Å². The molecule has 0 bridgehead atoms. The van der Waals surface area contributed by atoms with Gasteiger partial charge in [-0.3, -0.25) is 0 Å². The number of nitrogens with zero attached hydrogens (tertiary/aromatic N) is 1. The second kappa shape index (κ2) is 8.03. The van der Waals surface area contributed by atoms with Crippen molar-refractivity contribution in [2.24, 2.45) is 0 Å². The van der Waals surface area contributed by atoms with Crippen LogP contribution in [0.4, 0.5) is 0 Å². The van der Waals surface area contributed by atoms with Crippen molar-refractivity contribution in [1.82, 2.24) is 10.2 Å². The fraction of sp³-hybridized carbons (Fsp3) is 1.00. The first-order valence-electron chi connectivity index (χ1n) is 5.91. The first-order valence-corrected chi connectivity index (χ1v) is 7.97. The maximum atomic E-state index is 10.8. The molecule has 0 aliphatic rings. The summed E-state index contributed by atoms with van der Waals surface area (Å²) >= 11 is 0. The van der Waals surface area contributed by atoms with Gasteiger partial charge in [0.05, 0.1) is 5.75 Å². The van der Waals surface area contributed by atoms with E-state index < -0.39 is 9.84 Å². The zero-order valence-corrected chi connectivity index (χ0v) is 11.8. The van der Waals surface area contributed by atoms with E-state index in [-0.39, 0.29) is 5.75 Å². The number of sulfone groups is 1. The van der Waals surface area contributed by atoms with Crippen LogP contribution < -0.4 is 5.32 Å². The summed E-state index contributed by atoms with van der Waals surface area (Å²) in [5.74, 6) is 0.284. The molecule has 0 aliphatic heterocycles. The molecule has 0 saturated heterocycles. The zero-order chi connectivity index (χ0) is 12.6. The van der Waals surface area contributed by atoms with Gasteiger partial charge in [0, 0.05) is 12.3 Å². The Bertz CT molecular complexity index is 263. The van der Waals surface area contributed by atoms with Crippen molar-refractivity contribution in [3.63, 3.8) is 0 Å². The molecule has 0 rings (SSSR count). The van der Waals surface area contributed by atoms with Gasteiger partial charge in [0.25, 0.3) is 0 Å². The molecule has 98 valence electrons. The van der Waals surface area contributed by atoms with Gasteiger partial charge in [0.1, 0.15) is 9.84 Å². The van der Waals surface area contributed by atoms with Crippen LogP contribution in [0.25, 0.3) is 0 Å². The first-order chi connectivity index (χ1) is 7.33. The van der Waals surface area contributed by atoms with E-state index in [0.717, 1.165) is 26.1 Å². The Morgan fingerprint density at radius 1 is 1.19 bits per heavy atom. The van der Waals surface area contributed by atoms with E-state index in [1.54, 1.807) is 0 Å². The summed E-state index contributed by atoms with van der Waals surface area (Å²) in [5, 5.41) is 3.26. The van der Waals surface area contributed by atoms with Gasteiger partial charge in [-0.1, -0.05) is 0 Å². The average Bonchev–Trinajstić information content (AvgIpc) is 2.14. The molecule has 16 heavy (non-hydrogen) atoms. The molecule has 0 amide bonds. The van der Waals surface area contributed by atoms with Crippen LogP contribution in [0.3, 0.4) is 0 Å². The summed E-state index contributed by atoms with van der Waals surface area (Å²) in [4.78, 5) is 2.30. The minimum Gasteiger partial charge on any atom is -0.317 e. The van der Waals surface area contributed by atoms with E-state index in [1.807, 2.05) is 0 Å².